The van der Waals surface area contributed by atoms with Crippen LogP contribution in [0.4, 0.5) is 0 Å². The van der Waals surface area contributed by atoms with E-state index in [9.17, 15) is 4.79 Å². The molecular formula is C22H24ClN3OS2. The summed E-state index contributed by atoms with van der Waals surface area (Å²) in [5.74, 6) is 1.88. The molecule has 3 aromatic rings. The molecule has 0 aliphatic heterocycles. The van der Waals surface area contributed by atoms with Crippen molar-refractivity contribution < 1.29 is 4.79 Å². The van der Waals surface area contributed by atoms with Crippen LogP contribution in [0.5, 0.6) is 0 Å². The average Bonchev–Trinajstić information content (AvgIpc) is 3.33. The van der Waals surface area contributed by atoms with Gasteiger partial charge in [-0.2, -0.15) is 0 Å². The Morgan fingerprint density at radius 1 is 1.24 bits per heavy atom. The molecule has 0 amide bonds. The standard InChI is InChI=1S/C22H24ClN3OS2/c1-14-6-5-8-16(12-14)21-24-25-22(26(21)17-9-4-3-7-15(17)2)28-13-18(27)19-10-11-20(23)29-19/h5-6,8,10-12,15,17H,3-4,7,9,13H2,1-2H3/t15-,17+/m1/s1. The fourth-order valence-electron chi connectivity index (χ4n) is 4.00. The number of carbonyl (C=O) groups excluding carboxylic acids is 1. The third-order valence-corrected chi connectivity index (χ3v) is 7.73. The van der Waals surface area contributed by atoms with Gasteiger partial charge in [-0.15, -0.1) is 21.5 Å². The van der Waals surface area contributed by atoms with Crippen molar-refractivity contribution in [1.82, 2.24) is 14.8 Å². The van der Waals surface area contributed by atoms with Gasteiger partial charge in [0.05, 0.1) is 15.0 Å². The SMILES string of the molecule is Cc1cccc(-c2nnc(SCC(=O)c3ccc(Cl)s3)n2[C@H]2CCCC[C@H]2C)c1. The van der Waals surface area contributed by atoms with E-state index in [0.29, 0.717) is 26.9 Å². The molecule has 0 bridgehead atoms. The number of thioether (sulfide) groups is 1. The second-order valence-electron chi connectivity index (χ2n) is 7.69. The van der Waals surface area contributed by atoms with Crippen LogP contribution >= 0.6 is 34.7 Å². The minimum absolute atomic E-state index is 0.0789. The zero-order chi connectivity index (χ0) is 20.4. The predicted octanol–water partition coefficient (Wildman–Crippen LogP) is 6.69. The second kappa shape index (κ2) is 9.02. The van der Waals surface area contributed by atoms with E-state index in [4.69, 9.17) is 11.6 Å². The van der Waals surface area contributed by atoms with E-state index >= 15 is 0 Å². The maximum Gasteiger partial charge on any atom is 0.192 e. The summed E-state index contributed by atoms with van der Waals surface area (Å²) in [7, 11) is 0. The lowest BCUT2D eigenvalue weighted by molar-refractivity contribution is 0.102. The first-order valence-corrected chi connectivity index (χ1v) is 12.1. The number of rotatable bonds is 6. The molecule has 4 rings (SSSR count). The monoisotopic (exact) mass is 445 g/mol. The summed E-state index contributed by atoms with van der Waals surface area (Å²) in [5.41, 5.74) is 2.28. The normalized spacial score (nSPS) is 19.4. The molecule has 4 nitrogen and oxygen atoms in total. The Hall–Kier alpha value is -1.63. The maximum absolute atomic E-state index is 12.6. The highest BCUT2D eigenvalue weighted by Crippen LogP contribution is 2.39. The van der Waals surface area contributed by atoms with Gasteiger partial charge in [-0.1, -0.05) is 66.9 Å². The molecule has 7 heteroatoms. The van der Waals surface area contributed by atoms with Crippen molar-refractivity contribution in [3.8, 4) is 11.4 Å². The number of thiophene rings is 1. The van der Waals surface area contributed by atoms with Gasteiger partial charge in [-0.3, -0.25) is 9.36 Å². The third kappa shape index (κ3) is 4.60. The van der Waals surface area contributed by atoms with E-state index in [-0.39, 0.29) is 5.78 Å². The Kier molecular flexibility index (Phi) is 6.42. The predicted molar refractivity (Wildman–Crippen MR) is 121 cm³/mol. The number of nitrogens with zero attached hydrogens (tertiary/aromatic N) is 3. The Labute approximate surface area is 184 Å². The highest BCUT2D eigenvalue weighted by molar-refractivity contribution is 7.99. The van der Waals surface area contributed by atoms with Gasteiger partial charge >= 0.3 is 0 Å². The highest BCUT2D eigenvalue weighted by Gasteiger charge is 2.29. The zero-order valence-electron chi connectivity index (χ0n) is 16.6. The minimum atomic E-state index is 0.0789. The molecule has 1 fully saturated rings. The fraction of sp³-hybridized carbons (Fsp3) is 0.409. The summed E-state index contributed by atoms with van der Waals surface area (Å²) < 4.78 is 2.93. The van der Waals surface area contributed by atoms with Crippen LogP contribution in [0.3, 0.4) is 0 Å². The molecule has 0 saturated heterocycles. The topological polar surface area (TPSA) is 47.8 Å². The summed E-state index contributed by atoms with van der Waals surface area (Å²) in [4.78, 5) is 13.3. The molecule has 29 heavy (non-hydrogen) atoms. The molecule has 2 heterocycles. The molecule has 0 spiro atoms. The highest BCUT2D eigenvalue weighted by atomic mass is 35.5. The molecule has 2 atom stereocenters. The third-order valence-electron chi connectivity index (χ3n) is 5.52. The lowest BCUT2D eigenvalue weighted by atomic mass is 9.85. The Bertz CT molecular complexity index is 1010. The fourth-order valence-corrected chi connectivity index (χ4v) is 5.95. The first kappa shape index (κ1) is 20.6. The minimum Gasteiger partial charge on any atom is -0.299 e. The van der Waals surface area contributed by atoms with Crippen molar-refractivity contribution in [3.63, 3.8) is 0 Å². The van der Waals surface area contributed by atoms with E-state index in [1.807, 2.05) is 0 Å². The van der Waals surface area contributed by atoms with E-state index < -0.39 is 0 Å². The first-order valence-electron chi connectivity index (χ1n) is 9.96. The quantitative estimate of drug-likeness (QED) is 0.313. The summed E-state index contributed by atoms with van der Waals surface area (Å²) in [6.45, 7) is 4.41. The number of aromatic nitrogens is 3. The number of Topliss-reactive ketones (excluding diaryl/α,β-unsaturated/α-hetero) is 1. The number of halogens is 1. The number of hydrogen-bond donors (Lipinski definition) is 0. The van der Waals surface area contributed by atoms with E-state index in [1.165, 1.54) is 47.9 Å². The Balaban J connectivity index is 1.65. The summed E-state index contributed by atoms with van der Waals surface area (Å²) in [5, 5.41) is 9.89. The van der Waals surface area contributed by atoms with Crippen LogP contribution in [0.1, 0.15) is 53.9 Å². The lowest BCUT2D eigenvalue weighted by Gasteiger charge is -2.31. The molecular weight excluding hydrogens is 422 g/mol. The lowest BCUT2D eigenvalue weighted by Crippen LogP contribution is -2.22. The van der Waals surface area contributed by atoms with Crippen molar-refractivity contribution in [3.05, 3.63) is 51.2 Å². The van der Waals surface area contributed by atoms with Crippen LogP contribution in [-0.4, -0.2) is 26.3 Å². The van der Waals surface area contributed by atoms with Crippen LogP contribution in [0, 0.1) is 12.8 Å². The van der Waals surface area contributed by atoms with E-state index in [2.05, 4.69) is 52.9 Å². The molecule has 0 radical (unpaired) electrons. The number of aryl methyl sites for hydroxylation is 1. The van der Waals surface area contributed by atoms with Gasteiger partial charge in [-0.05, 0) is 43.9 Å². The molecule has 1 aromatic carbocycles. The van der Waals surface area contributed by atoms with Gasteiger partial charge < -0.3 is 0 Å². The van der Waals surface area contributed by atoms with Gasteiger partial charge in [0.15, 0.2) is 16.8 Å². The number of hydrogen-bond acceptors (Lipinski definition) is 5. The summed E-state index contributed by atoms with van der Waals surface area (Å²) in [6.07, 6.45) is 4.84. The van der Waals surface area contributed by atoms with Crippen molar-refractivity contribution >= 4 is 40.5 Å². The van der Waals surface area contributed by atoms with Gasteiger partial charge in [0.25, 0.3) is 0 Å². The maximum atomic E-state index is 12.6. The van der Waals surface area contributed by atoms with Gasteiger partial charge in [-0.25, -0.2) is 0 Å². The van der Waals surface area contributed by atoms with Crippen LogP contribution in [0.15, 0.2) is 41.6 Å². The number of benzene rings is 1. The molecule has 0 unspecified atom stereocenters. The first-order chi connectivity index (χ1) is 14.0. The van der Waals surface area contributed by atoms with Crippen molar-refractivity contribution in [2.45, 2.75) is 50.7 Å². The Morgan fingerprint density at radius 2 is 2.07 bits per heavy atom. The van der Waals surface area contributed by atoms with Crippen LogP contribution in [0.2, 0.25) is 4.34 Å². The Morgan fingerprint density at radius 3 is 2.79 bits per heavy atom. The van der Waals surface area contributed by atoms with Crippen LogP contribution in [-0.2, 0) is 0 Å². The van der Waals surface area contributed by atoms with Crippen molar-refractivity contribution in [2.24, 2.45) is 5.92 Å². The molecule has 1 aliphatic rings. The van der Waals surface area contributed by atoms with E-state index in [1.54, 1.807) is 12.1 Å². The zero-order valence-corrected chi connectivity index (χ0v) is 19.0. The van der Waals surface area contributed by atoms with Gasteiger partial charge in [0.2, 0.25) is 0 Å². The largest absolute Gasteiger partial charge is 0.299 e. The van der Waals surface area contributed by atoms with Crippen molar-refractivity contribution in [1.29, 1.82) is 0 Å². The number of carbonyl (C=O) groups is 1. The molecule has 1 saturated carbocycles. The van der Waals surface area contributed by atoms with Gasteiger partial charge in [0.1, 0.15) is 0 Å². The van der Waals surface area contributed by atoms with Crippen molar-refractivity contribution in [2.75, 3.05) is 5.75 Å². The summed E-state index contributed by atoms with van der Waals surface area (Å²) in [6, 6.07) is 12.3. The van der Waals surface area contributed by atoms with Gasteiger partial charge in [0, 0.05) is 11.6 Å². The number of ketones is 1. The van der Waals surface area contributed by atoms with Crippen LogP contribution < -0.4 is 0 Å². The van der Waals surface area contributed by atoms with Crippen LogP contribution in [0.25, 0.3) is 11.4 Å². The summed E-state index contributed by atoms with van der Waals surface area (Å²) >= 11 is 8.79. The molecule has 2 aromatic heterocycles. The molecule has 0 N–H and O–H groups in total. The molecule has 1 aliphatic carbocycles. The average molecular weight is 446 g/mol. The van der Waals surface area contributed by atoms with E-state index in [0.717, 1.165) is 23.0 Å². The second-order valence-corrected chi connectivity index (χ2v) is 10.3. The smallest absolute Gasteiger partial charge is 0.192 e. The molecule has 152 valence electrons.